The lowest BCUT2D eigenvalue weighted by atomic mass is 9.94. The van der Waals surface area contributed by atoms with E-state index in [0.29, 0.717) is 6.61 Å². The van der Waals surface area contributed by atoms with Crippen LogP contribution in [0.3, 0.4) is 0 Å². The number of benzene rings is 1. The molecule has 15 heavy (non-hydrogen) atoms. The molecule has 3 heteroatoms. The first-order valence-corrected chi connectivity index (χ1v) is 5.22. The van der Waals surface area contributed by atoms with Crippen LogP contribution in [0.15, 0.2) is 24.3 Å². The van der Waals surface area contributed by atoms with Gasteiger partial charge in [0.05, 0.1) is 18.8 Å². The Hall–Kier alpha value is -0.930. The summed E-state index contributed by atoms with van der Waals surface area (Å²) in [4.78, 5) is 0. The van der Waals surface area contributed by atoms with Gasteiger partial charge in [-0.1, -0.05) is 12.1 Å². The molecule has 0 aromatic heterocycles. The van der Waals surface area contributed by atoms with Crippen LogP contribution in [0.25, 0.3) is 0 Å². The number of halogens is 1. The van der Waals surface area contributed by atoms with E-state index in [1.807, 2.05) is 6.92 Å². The van der Waals surface area contributed by atoms with Crippen molar-refractivity contribution >= 4 is 0 Å². The lowest BCUT2D eigenvalue weighted by Gasteiger charge is -2.16. The Morgan fingerprint density at radius 1 is 1.40 bits per heavy atom. The normalized spacial score (nSPS) is 27.9. The molecule has 3 atom stereocenters. The summed E-state index contributed by atoms with van der Waals surface area (Å²) in [6.45, 7) is 2.58. The van der Waals surface area contributed by atoms with Gasteiger partial charge in [-0.25, -0.2) is 4.39 Å². The molecule has 0 bridgehead atoms. The first-order valence-electron chi connectivity index (χ1n) is 5.22. The van der Waals surface area contributed by atoms with Gasteiger partial charge >= 0.3 is 0 Å². The Morgan fingerprint density at radius 2 is 2.07 bits per heavy atom. The average Bonchev–Trinajstić information content (AvgIpc) is 2.65. The van der Waals surface area contributed by atoms with Gasteiger partial charge in [-0.15, -0.1) is 0 Å². The minimum Gasteiger partial charge on any atom is -0.388 e. The number of rotatable bonds is 2. The summed E-state index contributed by atoms with van der Waals surface area (Å²) in [5.41, 5.74) is 0.763. The molecule has 1 heterocycles. The minimum atomic E-state index is -0.546. The predicted octanol–water partition coefficient (Wildman–Crippen LogP) is 2.28. The highest BCUT2D eigenvalue weighted by Gasteiger charge is 2.29. The molecule has 2 nitrogen and oxygen atoms in total. The highest BCUT2D eigenvalue weighted by molar-refractivity contribution is 5.19. The van der Waals surface area contributed by atoms with Crippen LogP contribution < -0.4 is 0 Å². The van der Waals surface area contributed by atoms with Crippen LogP contribution in [0.5, 0.6) is 0 Å². The van der Waals surface area contributed by atoms with Crippen LogP contribution in [-0.4, -0.2) is 17.8 Å². The van der Waals surface area contributed by atoms with Crippen molar-refractivity contribution < 1.29 is 14.2 Å². The Bertz CT molecular complexity index is 323. The molecule has 1 aromatic carbocycles. The van der Waals surface area contributed by atoms with Gasteiger partial charge in [0.1, 0.15) is 5.82 Å². The zero-order valence-corrected chi connectivity index (χ0v) is 8.69. The molecule has 1 aliphatic heterocycles. The van der Waals surface area contributed by atoms with E-state index >= 15 is 0 Å². The molecule has 0 radical (unpaired) electrons. The van der Waals surface area contributed by atoms with Crippen LogP contribution >= 0.6 is 0 Å². The first kappa shape index (κ1) is 10.6. The standard InChI is InChI=1S/C12H15FO2/c1-8-6-10(7-15-8)12(14)9-2-4-11(13)5-3-9/h2-5,8,10,12,14H,6-7H2,1H3. The molecule has 1 aliphatic rings. The molecule has 82 valence electrons. The Balaban J connectivity index is 2.07. The fourth-order valence-electron chi connectivity index (χ4n) is 2.00. The summed E-state index contributed by atoms with van der Waals surface area (Å²) < 4.78 is 18.1. The average molecular weight is 210 g/mol. The van der Waals surface area contributed by atoms with Gasteiger partial charge in [0, 0.05) is 5.92 Å². The molecule has 2 rings (SSSR count). The monoisotopic (exact) mass is 210 g/mol. The second-order valence-corrected chi connectivity index (χ2v) is 4.14. The molecule has 0 saturated carbocycles. The predicted molar refractivity (Wildman–Crippen MR) is 54.9 cm³/mol. The lowest BCUT2D eigenvalue weighted by Crippen LogP contribution is -2.12. The zero-order chi connectivity index (χ0) is 10.8. The number of aliphatic hydroxyl groups is 1. The van der Waals surface area contributed by atoms with E-state index in [9.17, 15) is 9.50 Å². The molecule has 0 amide bonds. The van der Waals surface area contributed by atoms with Gasteiger partial charge in [-0.3, -0.25) is 0 Å². The van der Waals surface area contributed by atoms with Crippen LogP contribution in [0.4, 0.5) is 4.39 Å². The Morgan fingerprint density at radius 3 is 2.60 bits per heavy atom. The van der Waals surface area contributed by atoms with Crippen molar-refractivity contribution in [1.29, 1.82) is 0 Å². The second-order valence-electron chi connectivity index (χ2n) is 4.14. The third-order valence-corrected chi connectivity index (χ3v) is 2.89. The fraction of sp³-hybridized carbons (Fsp3) is 0.500. The minimum absolute atomic E-state index is 0.130. The summed E-state index contributed by atoms with van der Waals surface area (Å²) in [5.74, 6) is -0.146. The third-order valence-electron chi connectivity index (χ3n) is 2.89. The molecule has 1 fully saturated rings. The van der Waals surface area contributed by atoms with Crippen LogP contribution in [0.2, 0.25) is 0 Å². The third kappa shape index (κ3) is 2.36. The number of hydrogen-bond donors (Lipinski definition) is 1. The maximum absolute atomic E-state index is 12.7. The van der Waals surface area contributed by atoms with Crippen molar-refractivity contribution in [2.24, 2.45) is 5.92 Å². The maximum atomic E-state index is 12.7. The van der Waals surface area contributed by atoms with Crippen molar-refractivity contribution in [2.75, 3.05) is 6.61 Å². The van der Waals surface area contributed by atoms with E-state index in [2.05, 4.69) is 0 Å². The molecule has 0 aliphatic carbocycles. The molecule has 1 N–H and O–H groups in total. The summed E-state index contributed by atoms with van der Waals surface area (Å²) in [6.07, 6.45) is 0.527. The largest absolute Gasteiger partial charge is 0.388 e. The molecular weight excluding hydrogens is 195 g/mol. The Kier molecular flexibility index (Phi) is 3.03. The van der Waals surface area contributed by atoms with Crippen molar-refractivity contribution in [3.63, 3.8) is 0 Å². The molecular formula is C12H15FO2. The lowest BCUT2D eigenvalue weighted by molar-refractivity contribution is 0.0804. The van der Waals surface area contributed by atoms with Gasteiger partial charge in [0.25, 0.3) is 0 Å². The smallest absolute Gasteiger partial charge is 0.123 e. The van der Waals surface area contributed by atoms with E-state index in [0.717, 1.165) is 12.0 Å². The van der Waals surface area contributed by atoms with E-state index in [4.69, 9.17) is 4.74 Å². The van der Waals surface area contributed by atoms with Crippen LogP contribution in [-0.2, 0) is 4.74 Å². The van der Waals surface area contributed by atoms with Crippen LogP contribution in [0, 0.1) is 11.7 Å². The van der Waals surface area contributed by atoms with Crippen molar-refractivity contribution in [1.82, 2.24) is 0 Å². The SMILES string of the molecule is CC1CC(C(O)c2ccc(F)cc2)CO1. The molecule has 0 spiro atoms. The molecule has 1 saturated heterocycles. The quantitative estimate of drug-likeness (QED) is 0.811. The topological polar surface area (TPSA) is 29.5 Å². The molecule has 1 aromatic rings. The van der Waals surface area contributed by atoms with Gasteiger partial charge in [-0.05, 0) is 31.0 Å². The summed E-state index contributed by atoms with van der Waals surface area (Å²) in [6, 6.07) is 6.00. The summed E-state index contributed by atoms with van der Waals surface area (Å²) >= 11 is 0. The first-order chi connectivity index (χ1) is 7.16. The second kappa shape index (κ2) is 4.29. The number of aliphatic hydroxyl groups excluding tert-OH is 1. The zero-order valence-electron chi connectivity index (χ0n) is 8.69. The highest BCUT2D eigenvalue weighted by atomic mass is 19.1. The van der Waals surface area contributed by atoms with Crippen molar-refractivity contribution in [3.05, 3.63) is 35.6 Å². The van der Waals surface area contributed by atoms with Gasteiger partial charge < -0.3 is 9.84 Å². The fourth-order valence-corrected chi connectivity index (χ4v) is 2.00. The number of hydrogen-bond acceptors (Lipinski definition) is 2. The Labute approximate surface area is 88.7 Å². The van der Waals surface area contributed by atoms with Gasteiger partial charge in [-0.2, -0.15) is 0 Å². The van der Waals surface area contributed by atoms with Crippen LogP contribution in [0.1, 0.15) is 25.0 Å². The molecule has 3 unspecified atom stereocenters. The summed E-state index contributed by atoms with van der Waals surface area (Å²) in [7, 11) is 0. The number of ether oxygens (including phenoxy) is 1. The van der Waals surface area contributed by atoms with E-state index in [-0.39, 0.29) is 17.8 Å². The van der Waals surface area contributed by atoms with Gasteiger partial charge in [0.15, 0.2) is 0 Å². The van der Waals surface area contributed by atoms with E-state index in [1.165, 1.54) is 12.1 Å². The van der Waals surface area contributed by atoms with E-state index < -0.39 is 6.10 Å². The maximum Gasteiger partial charge on any atom is 0.123 e. The highest BCUT2D eigenvalue weighted by Crippen LogP contribution is 2.31. The summed E-state index contributed by atoms with van der Waals surface area (Å²) in [5, 5.41) is 10.0. The van der Waals surface area contributed by atoms with Crippen molar-refractivity contribution in [3.8, 4) is 0 Å². The van der Waals surface area contributed by atoms with Gasteiger partial charge in [0.2, 0.25) is 0 Å². The van der Waals surface area contributed by atoms with Crippen molar-refractivity contribution in [2.45, 2.75) is 25.6 Å². The van der Waals surface area contributed by atoms with E-state index in [1.54, 1.807) is 12.1 Å².